The Hall–Kier alpha value is -2.55. The molecule has 1 heterocycles. The van der Waals surface area contributed by atoms with Crippen molar-refractivity contribution in [3.8, 4) is 28.7 Å². The summed E-state index contributed by atoms with van der Waals surface area (Å²) in [7, 11) is 1.61. The summed E-state index contributed by atoms with van der Waals surface area (Å²) in [6.07, 6.45) is 1.90. The fraction of sp³-hybridized carbons (Fsp3) is 0.381. The van der Waals surface area contributed by atoms with Crippen LogP contribution in [-0.2, 0) is 0 Å². The number of ether oxygens (including phenoxy) is 2. The number of nitriles is 1. The molecule has 0 spiro atoms. The molecule has 5 nitrogen and oxygen atoms in total. The molecule has 1 unspecified atom stereocenters. The minimum absolute atomic E-state index is 0.247. The highest BCUT2D eigenvalue weighted by Crippen LogP contribution is 2.30. The number of rotatable bonds is 7. The van der Waals surface area contributed by atoms with Crippen LogP contribution in [0.1, 0.15) is 18.4 Å². The highest BCUT2D eigenvalue weighted by molar-refractivity contribution is 5.68. The maximum Gasteiger partial charge on any atom is 0.123 e. The number of nitrogens with zero attached hydrogens (tertiary/aromatic N) is 2. The van der Waals surface area contributed by atoms with Crippen molar-refractivity contribution in [3.63, 3.8) is 0 Å². The monoisotopic (exact) mass is 352 g/mol. The first-order valence-corrected chi connectivity index (χ1v) is 8.91. The maximum atomic E-state index is 10.2. The van der Waals surface area contributed by atoms with E-state index in [2.05, 4.69) is 11.0 Å². The Morgan fingerprint density at radius 3 is 2.42 bits per heavy atom. The summed E-state index contributed by atoms with van der Waals surface area (Å²) in [4.78, 5) is 2.27. The SMILES string of the molecule is COc1cc(OCC(O)CN2CCCC2)cc(-c2ccc(C#N)cc2)c1. The van der Waals surface area contributed by atoms with Crippen molar-refractivity contribution in [2.75, 3.05) is 33.4 Å². The normalized spacial score (nSPS) is 15.4. The lowest BCUT2D eigenvalue weighted by molar-refractivity contribution is 0.0757. The molecule has 0 amide bonds. The van der Waals surface area contributed by atoms with E-state index in [-0.39, 0.29) is 6.61 Å². The average molecular weight is 352 g/mol. The van der Waals surface area contributed by atoms with Gasteiger partial charge in [-0.05, 0) is 61.3 Å². The minimum atomic E-state index is -0.516. The van der Waals surface area contributed by atoms with E-state index in [9.17, 15) is 5.11 Å². The predicted octanol–water partition coefficient (Wildman–Crippen LogP) is 3.07. The van der Waals surface area contributed by atoms with E-state index in [0.29, 0.717) is 23.6 Å². The number of aliphatic hydroxyl groups is 1. The van der Waals surface area contributed by atoms with Crippen LogP contribution in [0.4, 0.5) is 0 Å². The number of β-amino-alcohol motifs (C(OH)–C–C–N with tert-alkyl or cyclic N) is 1. The number of hydrogen-bond acceptors (Lipinski definition) is 5. The third kappa shape index (κ3) is 4.75. The van der Waals surface area contributed by atoms with Crippen LogP contribution in [0, 0.1) is 11.3 Å². The molecule has 0 aromatic heterocycles. The van der Waals surface area contributed by atoms with Crippen LogP contribution < -0.4 is 9.47 Å². The second kappa shape index (κ2) is 8.70. The van der Waals surface area contributed by atoms with Crippen LogP contribution in [-0.4, -0.2) is 49.5 Å². The Balaban J connectivity index is 1.69. The van der Waals surface area contributed by atoms with Crippen molar-refractivity contribution in [2.24, 2.45) is 0 Å². The molecule has 26 heavy (non-hydrogen) atoms. The number of methoxy groups -OCH3 is 1. The largest absolute Gasteiger partial charge is 0.497 e. The molecule has 1 aliphatic heterocycles. The molecule has 1 atom stereocenters. The summed E-state index contributed by atoms with van der Waals surface area (Å²) >= 11 is 0. The molecule has 5 heteroatoms. The van der Waals surface area contributed by atoms with Gasteiger partial charge in [0, 0.05) is 12.6 Å². The van der Waals surface area contributed by atoms with Crippen molar-refractivity contribution < 1.29 is 14.6 Å². The van der Waals surface area contributed by atoms with Crippen LogP contribution in [0.3, 0.4) is 0 Å². The van der Waals surface area contributed by atoms with Gasteiger partial charge in [0.25, 0.3) is 0 Å². The lowest BCUT2D eigenvalue weighted by atomic mass is 10.0. The van der Waals surface area contributed by atoms with Crippen molar-refractivity contribution in [3.05, 3.63) is 48.0 Å². The van der Waals surface area contributed by atoms with Gasteiger partial charge in [0.2, 0.25) is 0 Å². The zero-order chi connectivity index (χ0) is 18.4. The zero-order valence-corrected chi connectivity index (χ0v) is 15.0. The smallest absolute Gasteiger partial charge is 0.123 e. The third-order valence-electron chi connectivity index (χ3n) is 4.57. The van der Waals surface area contributed by atoms with Gasteiger partial charge < -0.3 is 19.5 Å². The van der Waals surface area contributed by atoms with E-state index in [0.717, 1.165) is 24.2 Å². The lowest BCUT2D eigenvalue weighted by Crippen LogP contribution is -2.33. The highest BCUT2D eigenvalue weighted by atomic mass is 16.5. The fourth-order valence-corrected chi connectivity index (χ4v) is 3.19. The summed E-state index contributed by atoms with van der Waals surface area (Å²) in [5, 5.41) is 19.1. The summed E-state index contributed by atoms with van der Waals surface area (Å²) in [6, 6.07) is 15.2. The Kier molecular flexibility index (Phi) is 6.11. The van der Waals surface area contributed by atoms with Crippen LogP contribution in [0.2, 0.25) is 0 Å². The fourth-order valence-electron chi connectivity index (χ4n) is 3.19. The first kappa shape index (κ1) is 18.2. The van der Waals surface area contributed by atoms with Crippen molar-refractivity contribution in [2.45, 2.75) is 18.9 Å². The van der Waals surface area contributed by atoms with Gasteiger partial charge in [-0.3, -0.25) is 0 Å². The van der Waals surface area contributed by atoms with E-state index in [1.807, 2.05) is 30.3 Å². The number of benzene rings is 2. The molecule has 1 aliphatic rings. The van der Waals surface area contributed by atoms with Crippen molar-refractivity contribution in [1.29, 1.82) is 5.26 Å². The number of likely N-dealkylation sites (tertiary alicyclic amines) is 1. The molecule has 2 aromatic rings. The van der Waals surface area contributed by atoms with Crippen molar-refractivity contribution in [1.82, 2.24) is 4.90 Å². The predicted molar refractivity (Wildman–Crippen MR) is 100 cm³/mol. The third-order valence-corrected chi connectivity index (χ3v) is 4.57. The summed E-state index contributed by atoms with van der Waals surface area (Å²) in [6.45, 7) is 3.00. The maximum absolute atomic E-state index is 10.2. The van der Waals surface area contributed by atoms with Crippen LogP contribution in [0.15, 0.2) is 42.5 Å². The lowest BCUT2D eigenvalue weighted by Gasteiger charge is -2.20. The molecule has 1 saturated heterocycles. The molecule has 1 N–H and O–H groups in total. The Bertz CT molecular complexity index is 762. The van der Waals surface area contributed by atoms with Gasteiger partial charge in [-0.1, -0.05) is 12.1 Å². The standard InChI is InChI=1S/C21H24N2O3/c1-25-20-10-18(17-6-4-16(13-22)5-7-17)11-21(12-20)26-15-19(24)14-23-8-2-3-9-23/h4-7,10-12,19,24H,2-3,8-9,14-15H2,1H3. The average Bonchev–Trinajstić information content (AvgIpc) is 3.19. The van der Waals surface area contributed by atoms with E-state index < -0.39 is 6.10 Å². The highest BCUT2D eigenvalue weighted by Gasteiger charge is 2.16. The van der Waals surface area contributed by atoms with Crippen LogP contribution in [0.25, 0.3) is 11.1 Å². The second-order valence-corrected chi connectivity index (χ2v) is 6.56. The Morgan fingerprint density at radius 1 is 1.08 bits per heavy atom. The zero-order valence-electron chi connectivity index (χ0n) is 15.0. The first-order chi connectivity index (χ1) is 12.7. The van der Waals surface area contributed by atoms with Crippen LogP contribution in [0.5, 0.6) is 11.5 Å². The number of hydrogen-bond donors (Lipinski definition) is 1. The molecular formula is C21H24N2O3. The molecule has 0 bridgehead atoms. The molecule has 0 radical (unpaired) electrons. The van der Waals surface area contributed by atoms with Gasteiger partial charge >= 0.3 is 0 Å². The van der Waals surface area contributed by atoms with E-state index >= 15 is 0 Å². The topological polar surface area (TPSA) is 65.7 Å². The van der Waals surface area contributed by atoms with Crippen LogP contribution >= 0.6 is 0 Å². The van der Waals surface area contributed by atoms with Gasteiger partial charge in [0.1, 0.15) is 24.2 Å². The second-order valence-electron chi connectivity index (χ2n) is 6.56. The Morgan fingerprint density at radius 2 is 1.77 bits per heavy atom. The van der Waals surface area contributed by atoms with Gasteiger partial charge in [-0.15, -0.1) is 0 Å². The quantitative estimate of drug-likeness (QED) is 0.830. The van der Waals surface area contributed by atoms with Gasteiger partial charge in [-0.2, -0.15) is 5.26 Å². The molecule has 136 valence electrons. The molecule has 3 rings (SSSR count). The van der Waals surface area contributed by atoms with E-state index in [4.69, 9.17) is 14.7 Å². The number of aliphatic hydroxyl groups excluding tert-OH is 1. The molecule has 0 aliphatic carbocycles. The van der Waals surface area contributed by atoms with Gasteiger partial charge in [-0.25, -0.2) is 0 Å². The van der Waals surface area contributed by atoms with Gasteiger partial charge in [0.05, 0.1) is 18.7 Å². The molecular weight excluding hydrogens is 328 g/mol. The van der Waals surface area contributed by atoms with E-state index in [1.54, 1.807) is 19.2 Å². The van der Waals surface area contributed by atoms with Crippen molar-refractivity contribution >= 4 is 0 Å². The first-order valence-electron chi connectivity index (χ1n) is 8.91. The Labute approximate surface area is 154 Å². The van der Waals surface area contributed by atoms with Gasteiger partial charge in [0.15, 0.2) is 0 Å². The summed E-state index contributed by atoms with van der Waals surface area (Å²) in [5.41, 5.74) is 2.54. The minimum Gasteiger partial charge on any atom is -0.497 e. The molecule has 0 saturated carbocycles. The summed E-state index contributed by atoms with van der Waals surface area (Å²) < 4.78 is 11.2. The molecule has 2 aromatic carbocycles. The van der Waals surface area contributed by atoms with E-state index in [1.165, 1.54) is 12.8 Å². The summed E-state index contributed by atoms with van der Waals surface area (Å²) in [5.74, 6) is 1.35. The molecule has 1 fully saturated rings.